The number of carbonyl (C=O) groups is 3. The molecular weight excluding hydrogens is 272 g/mol. The van der Waals surface area contributed by atoms with Crippen molar-refractivity contribution in [3.8, 4) is 0 Å². The van der Waals surface area contributed by atoms with Crippen LogP contribution in [0, 0.1) is 0 Å². The van der Waals surface area contributed by atoms with Crippen LogP contribution in [0.1, 0.15) is 34.6 Å². The zero-order valence-corrected chi connectivity index (χ0v) is 12.7. The Morgan fingerprint density at radius 3 is 2.14 bits per heavy atom. The highest BCUT2D eigenvalue weighted by atomic mass is 16.5. The molecule has 0 saturated carbocycles. The number of benzene rings is 1. The minimum Gasteiger partial charge on any atom is -0.465 e. The molecule has 0 bridgehead atoms. The van der Waals surface area contributed by atoms with Gasteiger partial charge in [0, 0.05) is 18.7 Å². The van der Waals surface area contributed by atoms with Gasteiger partial charge in [-0.25, -0.2) is 4.79 Å². The molecule has 0 aliphatic rings. The Morgan fingerprint density at radius 2 is 1.67 bits per heavy atom. The Labute approximate surface area is 124 Å². The first-order valence-electron chi connectivity index (χ1n) is 6.58. The predicted molar refractivity (Wildman–Crippen MR) is 78.0 cm³/mol. The summed E-state index contributed by atoms with van der Waals surface area (Å²) in [5.74, 6) is -0.962. The number of methoxy groups -OCH3 is 1. The minimum absolute atomic E-state index is 0.0181. The molecule has 0 atom stereocenters. The number of likely N-dealkylation sites (N-methyl/N-ethyl adjacent to an activating group) is 1. The van der Waals surface area contributed by atoms with E-state index >= 15 is 0 Å². The van der Waals surface area contributed by atoms with Gasteiger partial charge in [0.05, 0.1) is 19.2 Å². The van der Waals surface area contributed by atoms with Crippen molar-refractivity contribution >= 4 is 17.8 Å². The van der Waals surface area contributed by atoms with Crippen molar-refractivity contribution in [2.24, 2.45) is 0 Å². The SMILES string of the molecule is COC(=O)c1ccc(C(=O)N(C)CC(=O)NC(C)C)cc1. The highest BCUT2D eigenvalue weighted by Crippen LogP contribution is 2.08. The van der Waals surface area contributed by atoms with Crippen LogP contribution >= 0.6 is 0 Å². The lowest BCUT2D eigenvalue weighted by atomic mass is 10.1. The molecule has 2 amide bonds. The zero-order chi connectivity index (χ0) is 16.0. The van der Waals surface area contributed by atoms with Crippen LogP contribution in [0.2, 0.25) is 0 Å². The van der Waals surface area contributed by atoms with E-state index in [1.165, 1.54) is 36.3 Å². The molecule has 1 aromatic rings. The van der Waals surface area contributed by atoms with Crippen LogP contribution in [0.4, 0.5) is 0 Å². The summed E-state index contributed by atoms with van der Waals surface area (Å²) in [6.07, 6.45) is 0. The molecule has 6 heteroatoms. The van der Waals surface area contributed by atoms with E-state index in [1.807, 2.05) is 13.8 Å². The van der Waals surface area contributed by atoms with E-state index in [9.17, 15) is 14.4 Å². The maximum atomic E-state index is 12.1. The van der Waals surface area contributed by atoms with Gasteiger partial charge >= 0.3 is 5.97 Å². The molecule has 0 aliphatic carbocycles. The molecule has 1 rings (SSSR count). The van der Waals surface area contributed by atoms with E-state index < -0.39 is 5.97 Å². The summed E-state index contributed by atoms with van der Waals surface area (Å²) in [6.45, 7) is 3.69. The number of nitrogens with zero attached hydrogens (tertiary/aromatic N) is 1. The van der Waals surface area contributed by atoms with Gasteiger partial charge in [-0.2, -0.15) is 0 Å². The van der Waals surface area contributed by atoms with Crippen molar-refractivity contribution in [3.63, 3.8) is 0 Å². The first-order chi connectivity index (χ1) is 9.85. The summed E-state index contributed by atoms with van der Waals surface area (Å²) < 4.78 is 4.59. The van der Waals surface area contributed by atoms with Gasteiger partial charge in [0.15, 0.2) is 0 Å². The lowest BCUT2D eigenvalue weighted by molar-refractivity contribution is -0.122. The summed E-state index contributed by atoms with van der Waals surface area (Å²) in [6, 6.07) is 6.12. The lowest BCUT2D eigenvalue weighted by Gasteiger charge is -2.18. The number of nitrogens with one attached hydrogen (secondary N) is 1. The zero-order valence-electron chi connectivity index (χ0n) is 12.7. The molecule has 1 aromatic carbocycles. The molecule has 0 heterocycles. The third kappa shape index (κ3) is 4.91. The second-order valence-electron chi connectivity index (χ2n) is 4.95. The number of rotatable bonds is 5. The fraction of sp³-hybridized carbons (Fsp3) is 0.400. The number of carbonyl (C=O) groups excluding carboxylic acids is 3. The summed E-state index contributed by atoms with van der Waals surface area (Å²) in [4.78, 5) is 36.4. The number of hydrogen-bond donors (Lipinski definition) is 1. The maximum Gasteiger partial charge on any atom is 0.337 e. The van der Waals surface area contributed by atoms with Gasteiger partial charge in [0.25, 0.3) is 5.91 Å². The smallest absolute Gasteiger partial charge is 0.337 e. The molecule has 114 valence electrons. The molecule has 6 nitrogen and oxygen atoms in total. The Hall–Kier alpha value is -2.37. The van der Waals surface area contributed by atoms with Crippen LogP contribution in [0.3, 0.4) is 0 Å². The molecule has 0 fully saturated rings. The minimum atomic E-state index is -0.460. The topological polar surface area (TPSA) is 75.7 Å². The standard InChI is InChI=1S/C15H20N2O4/c1-10(2)16-13(18)9-17(3)14(19)11-5-7-12(8-6-11)15(20)21-4/h5-8,10H,9H2,1-4H3,(H,16,18). The first-order valence-corrected chi connectivity index (χ1v) is 6.58. The molecule has 0 aromatic heterocycles. The Balaban J connectivity index is 2.70. The highest BCUT2D eigenvalue weighted by molar-refractivity contribution is 5.97. The van der Waals surface area contributed by atoms with Crippen LogP contribution in [-0.2, 0) is 9.53 Å². The Kier molecular flexibility index (Phi) is 5.90. The van der Waals surface area contributed by atoms with Crippen molar-refractivity contribution in [2.45, 2.75) is 19.9 Å². The van der Waals surface area contributed by atoms with Gasteiger partial charge in [0.1, 0.15) is 0 Å². The van der Waals surface area contributed by atoms with Gasteiger partial charge < -0.3 is 15.0 Å². The predicted octanol–water partition coefficient (Wildman–Crippen LogP) is 1.07. The first kappa shape index (κ1) is 16.7. The number of hydrogen-bond acceptors (Lipinski definition) is 4. The summed E-state index contributed by atoms with van der Waals surface area (Å²) in [5, 5.41) is 2.72. The highest BCUT2D eigenvalue weighted by Gasteiger charge is 2.16. The van der Waals surface area contributed by atoms with Crippen molar-refractivity contribution in [3.05, 3.63) is 35.4 Å². The van der Waals surface area contributed by atoms with Crippen molar-refractivity contribution in [1.29, 1.82) is 0 Å². The molecule has 1 N–H and O–H groups in total. The fourth-order valence-electron chi connectivity index (χ4n) is 1.74. The van der Waals surface area contributed by atoms with Crippen LogP contribution in [0.5, 0.6) is 0 Å². The van der Waals surface area contributed by atoms with Crippen LogP contribution in [0.25, 0.3) is 0 Å². The third-order valence-electron chi connectivity index (χ3n) is 2.73. The molecule has 0 spiro atoms. The van der Waals surface area contributed by atoms with Crippen LogP contribution < -0.4 is 5.32 Å². The second-order valence-corrected chi connectivity index (χ2v) is 4.95. The average Bonchev–Trinajstić information content (AvgIpc) is 2.44. The van der Waals surface area contributed by atoms with Gasteiger partial charge in [-0.15, -0.1) is 0 Å². The van der Waals surface area contributed by atoms with Gasteiger partial charge in [0.2, 0.25) is 5.91 Å². The second kappa shape index (κ2) is 7.42. The van der Waals surface area contributed by atoms with Gasteiger partial charge in [-0.1, -0.05) is 0 Å². The maximum absolute atomic E-state index is 12.1. The fourth-order valence-corrected chi connectivity index (χ4v) is 1.74. The largest absolute Gasteiger partial charge is 0.465 e. The van der Waals surface area contributed by atoms with E-state index in [0.29, 0.717) is 11.1 Å². The molecule has 0 saturated heterocycles. The molecular formula is C15H20N2O4. The average molecular weight is 292 g/mol. The normalized spacial score (nSPS) is 10.1. The molecule has 0 radical (unpaired) electrons. The quantitative estimate of drug-likeness (QED) is 0.824. The Bertz CT molecular complexity index is 523. The van der Waals surface area contributed by atoms with E-state index in [-0.39, 0.29) is 24.4 Å². The van der Waals surface area contributed by atoms with Crippen LogP contribution in [0.15, 0.2) is 24.3 Å². The monoisotopic (exact) mass is 292 g/mol. The van der Waals surface area contributed by atoms with Crippen molar-refractivity contribution in [1.82, 2.24) is 10.2 Å². The number of ether oxygens (including phenoxy) is 1. The van der Waals surface area contributed by atoms with E-state index in [4.69, 9.17) is 0 Å². The molecule has 0 unspecified atom stereocenters. The molecule has 0 aliphatic heterocycles. The lowest BCUT2D eigenvalue weighted by Crippen LogP contribution is -2.40. The summed E-state index contributed by atoms with van der Waals surface area (Å²) in [5.41, 5.74) is 0.775. The van der Waals surface area contributed by atoms with Crippen molar-refractivity contribution in [2.75, 3.05) is 20.7 Å². The number of esters is 1. The third-order valence-corrected chi connectivity index (χ3v) is 2.73. The summed E-state index contributed by atoms with van der Waals surface area (Å²) in [7, 11) is 2.85. The van der Waals surface area contributed by atoms with Crippen molar-refractivity contribution < 1.29 is 19.1 Å². The van der Waals surface area contributed by atoms with E-state index in [0.717, 1.165) is 0 Å². The van der Waals surface area contributed by atoms with E-state index in [2.05, 4.69) is 10.1 Å². The number of amides is 2. The van der Waals surface area contributed by atoms with Crippen LogP contribution in [-0.4, -0.2) is 49.4 Å². The van der Waals surface area contributed by atoms with Gasteiger partial charge in [-0.05, 0) is 38.1 Å². The Morgan fingerprint density at radius 1 is 1.14 bits per heavy atom. The van der Waals surface area contributed by atoms with E-state index in [1.54, 1.807) is 7.05 Å². The summed E-state index contributed by atoms with van der Waals surface area (Å²) >= 11 is 0. The van der Waals surface area contributed by atoms with Gasteiger partial charge in [-0.3, -0.25) is 9.59 Å². The molecule has 21 heavy (non-hydrogen) atoms.